The summed E-state index contributed by atoms with van der Waals surface area (Å²) >= 11 is 5.95. The molecule has 1 aromatic heterocycles. The van der Waals surface area contributed by atoms with E-state index < -0.39 is 9.84 Å². The molecule has 0 amide bonds. The highest BCUT2D eigenvalue weighted by Crippen LogP contribution is 2.29. The van der Waals surface area contributed by atoms with Gasteiger partial charge in [0.05, 0.1) is 22.5 Å². The first kappa shape index (κ1) is 22.6. The largest absolute Gasteiger partial charge is 0.366 e. The van der Waals surface area contributed by atoms with Gasteiger partial charge in [-0.25, -0.2) is 22.8 Å². The molecule has 6 nitrogen and oxygen atoms in total. The molecule has 1 aliphatic rings. The molecule has 1 saturated heterocycles. The topological polar surface area (TPSA) is 66.4 Å². The normalized spacial score (nSPS) is 14.5. The highest BCUT2D eigenvalue weighted by atomic mass is 35.5. The number of nitrogens with zero attached hydrogens (tertiary/aromatic N) is 4. The number of anilines is 2. The highest BCUT2D eigenvalue weighted by molar-refractivity contribution is 7.90. The Morgan fingerprint density at radius 1 is 0.794 bits per heavy atom. The Labute approximate surface area is 202 Å². The summed E-state index contributed by atoms with van der Waals surface area (Å²) in [5, 5.41) is 0.501. The number of halogens is 2. The van der Waals surface area contributed by atoms with Gasteiger partial charge in [0, 0.05) is 31.2 Å². The van der Waals surface area contributed by atoms with Crippen molar-refractivity contribution < 1.29 is 12.8 Å². The van der Waals surface area contributed by atoms with E-state index in [0.29, 0.717) is 59.3 Å². The fraction of sp³-hybridized carbons (Fsp3) is 0.200. The van der Waals surface area contributed by atoms with E-state index in [9.17, 15) is 12.8 Å². The summed E-state index contributed by atoms with van der Waals surface area (Å²) < 4.78 is 41.3. The molecule has 0 aliphatic carbocycles. The monoisotopic (exact) mass is 496 g/mol. The third-order valence-corrected chi connectivity index (χ3v) is 7.69. The summed E-state index contributed by atoms with van der Waals surface area (Å²) in [6.07, 6.45) is 0. The Hall–Kier alpha value is -3.23. The number of hydrogen-bond acceptors (Lipinski definition) is 6. The Morgan fingerprint density at radius 2 is 1.38 bits per heavy atom. The number of benzene rings is 3. The van der Waals surface area contributed by atoms with Gasteiger partial charge < -0.3 is 9.80 Å². The molecule has 3 aromatic carbocycles. The van der Waals surface area contributed by atoms with Gasteiger partial charge in [-0.2, -0.15) is 0 Å². The van der Waals surface area contributed by atoms with Crippen LogP contribution in [0.25, 0.3) is 11.0 Å². The van der Waals surface area contributed by atoms with Crippen LogP contribution in [0.3, 0.4) is 0 Å². The van der Waals surface area contributed by atoms with Crippen molar-refractivity contribution in [3.8, 4) is 0 Å². The second-order valence-electron chi connectivity index (χ2n) is 8.15. The molecule has 0 spiro atoms. The van der Waals surface area contributed by atoms with Crippen LogP contribution in [0.2, 0.25) is 5.02 Å². The van der Waals surface area contributed by atoms with E-state index in [0.717, 1.165) is 0 Å². The van der Waals surface area contributed by atoms with Gasteiger partial charge >= 0.3 is 0 Å². The lowest BCUT2D eigenvalue weighted by atomic mass is 10.2. The van der Waals surface area contributed by atoms with Gasteiger partial charge in [0.1, 0.15) is 5.82 Å². The summed E-state index contributed by atoms with van der Waals surface area (Å²) in [5.74, 6) is -0.145. The summed E-state index contributed by atoms with van der Waals surface area (Å²) in [6.45, 7) is 2.05. The second kappa shape index (κ2) is 9.19. The molecule has 0 N–H and O–H groups in total. The smallest absolute Gasteiger partial charge is 0.203 e. The van der Waals surface area contributed by atoms with Crippen molar-refractivity contribution in [2.45, 2.75) is 10.8 Å². The van der Waals surface area contributed by atoms with Gasteiger partial charge in [-0.05, 0) is 42.0 Å². The van der Waals surface area contributed by atoms with Crippen molar-refractivity contribution >= 4 is 44.0 Å². The maximum Gasteiger partial charge on any atom is 0.203 e. The predicted molar refractivity (Wildman–Crippen MR) is 133 cm³/mol. The van der Waals surface area contributed by atoms with Crippen LogP contribution >= 0.6 is 11.6 Å². The van der Waals surface area contributed by atoms with E-state index in [1.165, 1.54) is 6.07 Å². The molecule has 9 heteroatoms. The van der Waals surface area contributed by atoms with E-state index in [1.54, 1.807) is 54.6 Å². The van der Waals surface area contributed by atoms with Crippen molar-refractivity contribution in [1.82, 2.24) is 9.97 Å². The van der Waals surface area contributed by atoms with E-state index in [1.807, 2.05) is 21.9 Å². The van der Waals surface area contributed by atoms with Crippen molar-refractivity contribution in [2.24, 2.45) is 0 Å². The van der Waals surface area contributed by atoms with Crippen molar-refractivity contribution in [1.29, 1.82) is 0 Å². The third-order valence-electron chi connectivity index (χ3n) is 5.86. The minimum atomic E-state index is -3.80. The Morgan fingerprint density at radius 3 is 2.06 bits per heavy atom. The van der Waals surface area contributed by atoms with Crippen LogP contribution in [0.4, 0.5) is 15.9 Å². The van der Waals surface area contributed by atoms with Crippen LogP contribution in [0, 0.1) is 5.82 Å². The van der Waals surface area contributed by atoms with Crippen LogP contribution in [-0.2, 0) is 15.6 Å². The molecular weight excluding hydrogens is 475 g/mol. The van der Waals surface area contributed by atoms with Gasteiger partial charge in [-0.1, -0.05) is 48.0 Å². The number of fused-ring (bicyclic) bond motifs is 1. The molecule has 5 rings (SSSR count). The molecule has 4 aromatic rings. The van der Waals surface area contributed by atoms with E-state index in [2.05, 4.69) is 4.98 Å². The molecule has 0 bridgehead atoms. The van der Waals surface area contributed by atoms with Crippen LogP contribution in [-0.4, -0.2) is 44.6 Å². The third kappa shape index (κ3) is 4.56. The average molecular weight is 497 g/mol. The first-order valence-electron chi connectivity index (χ1n) is 10.9. The first-order valence-corrected chi connectivity index (χ1v) is 12.9. The fourth-order valence-electron chi connectivity index (χ4n) is 4.12. The Kier molecular flexibility index (Phi) is 6.10. The zero-order chi connectivity index (χ0) is 23.7. The van der Waals surface area contributed by atoms with Crippen LogP contribution in [0.1, 0.15) is 5.56 Å². The molecule has 174 valence electrons. The number of sulfone groups is 1. The zero-order valence-corrected chi connectivity index (χ0v) is 19.8. The molecule has 0 unspecified atom stereocenters. The molecule has 34 heavy (non-hydrogen) atoms. The maximum absolute atomic E-state index is 14.3. The van der Waals surface area contributed by atoms with Crippen molar-refractivity contribution in [3.05, 3.63) is 89.2 Å². The fourth-order valence-corrected chi connectivity index (χ4v) is 5.71. The minimum Gasteiger partial charge on any atom is -0.366 e. The maximum atomic E-state index is 14.3. The van der Waals surface area contributed by atoms with Gasteiger partial charge in [-0.3, -0.25) is 0 Å². The lowest BCUT2D eigenvalue weighted by Crippen LogP contribution is -2.47. The quantitative estimate of drug-likeness (QED) is 0.398. The van der Waals surface area contributed by atoms with Crippen LogP contribution in [0.15, 0.2) is 77.8 Å². The van der Waals surface area contributed by atoms with Gasteiger partial charge in [0.2, 0.25) is 9.84 Å². The first-order chi connectivity index (χ1) is 16.4. The molecule has 0 atom stereocenters. The summed E-state index contributed by atoms with van der Waals surface area (Å²) in [5.41, 5.74) is 2.31. The van der Waals surface area contributed by atoms with E-state index in [4.69, 9.17) is 16.6 Å². The molecule has 1 aliphatic heterocycles. The lowest BCUT2D eigenvalue weighted by Gasteiger charge is -2.37. The molecule has 2 heterocycles. The number of hydrogen-bond donors (Lipinski definition) is 0. The lowest BCUT2D eigenvalue weighted by molar-refractivity contribution is 0.584. The molecule has 0 radical (unpaired) electrons. The van der Waals surface area contributed by atoms with Crippen LogP contribution < -0.4 is 9.80 Å². The second-order valence-corrected chi connectivity index (χ2v) is 10.5. The Bertz CT molecular complexity index is 1440. The van der Waals surface area contributed by atoms with Gasteiger partial charge in [0.15, 0.2) is 10.8 Å². The van der Waals surface area contributed by atoms with E-state index in [-0.39, 0.29) is 16.6 Å². The molecule has 1 fully saturated rings. The zero-order valence-electron chi connectivity index (χ0n) is 18.2. The van der Waals surface area contributed by atoms with E-state index >= 15 is 0 Å². The van der Waals surface area contributed by atoms with Crippen molar-refractivity contribution in [3.63, 3.8) is 0 Å². The predicted octanol–water partition coefficient (Wildman–Crippen LogP) is 4.72. The average Bonchev–Trinajstić information content (AvgIpc) is 2.85. The van der Waals surface area contributed by atoms with Gasteiger partial charge in [-0.15, -0.1) is 0 Å². The van der Waals surface area contributed by atoms with Crippen molar-refractivity contribution in [2.75, 3.05) is 36.0 Å². The molecule has 0 saturated carbocycles. The number of aromatic nitrogens is 2. The summed E-state index contributed by atoms with van der Waals surface area (Å²) in [7, 11) is -3.80. The number of piperazine rings is 1. The number of para-hydroxylation sites is 3. The standard InChI is InChI=1S/C25H22ClFN4O2S/c26-19-11-9-18(10-12-19)17-34(32,33)25-24(28-21-6-2-3-7-22(21)29-25)31-15-13-30(14-16-31)23-8-4-1-5-20(23)27/h1-12H,13-17H2. The SMILES string of the molecule is O=S(=O)(Cc1ccc(Cl)cc1)c1nc2ccccc2nc1N1CCN(c2ccccc2F)CC1. The molecular formula is C25H22ClFN4O2S. The van der Waals surface area contributed by atoms with Crippen LogP contribution in [0.5, 0.6) is 0 Å². The Balaban J connectivity index is 1.49. The summed E-state index contributed by atoms with van der Waals surface area (Å²) in [6, 6.07) is 20.6. The van der Waals surface area contributed by atoms with Gasteiger partial charge in [0.25, 0.3) is 0 Å². The number of rotatable bonds is 5. The minimum absolute atomic E-state index is 0.0412. The highest BCUT2D eigenvalue weighted by Gasteiger charge is 2.29. The summed E-state index contributed by atoms with van der Waals surface area (Å²) in [4.78, 5) is 13.1.